The van der Waals surface area contributed by atoms with E-state index >= 15 is 0 Å². The van der Waals surface area contributed by atoms with Gasteiger partial charge in [0, 0.05) is 31.2 Å². The Morgan fingerprint density at radius 3 is 2.35 bits per heavy atom. The summed E-state index contributed by atoms with van der Waals surface area (Å²) < 4.78 is 29.0. The summed E-state index contributed by atoms with van der Waals surface area (Å²) in [7, 11) is 0. The quantitative estimate of drug-likeness (QED) is 0.641. The van der Waals surface area contributed by atoms with Crippen LogP contribution in [-0.2, 0) is 0 Å². The summed E-state index contributed by atoms with van der Waals surface area (Å²) in [5, 5.41) is 10.7. The molecule has 168 valence electrons. The first-order valence-corrected chi connectivity index (χ1v) is 10.8. The van der Waals surface area contributed by atoms with Crippen LogP contribution in [0.3, 0.4) is 0 Å². The molecule has 1 aliphatic heterocycles. The summed E-state index contributed by atoms with van der Waals surface area (Å²) in [4.78, 5) is 16.8. The molecule has 1 amide bonds. The Balaban J connectivity index is 1.56. The molecule has 1 fully saturated rings. The fourth-order valence-electron chi connectivity index (χ4n) is 4.11. The van der Waals surface area contributed by atoms with Gasteiger partial charge < -0.3 is 14.7 Å². The summed E-state index contributed by atoms with van der Waals surface area (Å²) in [6, 6.07) is 15.7. The molecule has 2 aromatic rings. The minimum Gasteiger partial charge on any atom is -0.435 e. The highest BCUT2D eigenvalue weighted by Gasteiger charge is 2.28. The smallest absolute Gasteiger partial charge is 0.387 e. The first kappa shape index (κ1) is 23.2. The highest BCUT2D eigenvalue weighted by Crippen LogP contribution is 2.24. The van der Waals surface area contributed by atoms with E-state index in [1.165, 1.54) is 12.1 Å². The normalized spacial score (nSPS) is 16.0. The Kier molecular flexibility index (Phi) is 8.37. The lowest BCUT2D eigenvalue weighted by molar-refractivity contribution is -0.0498. The lowest BCUT2D eigenvalue weighted by Gasteiger charge is -2.39. The van der Waals surface area contributed by atoms with Crippen LogP contribution in [0.1, 0.15) is 48.2 Å². The zero-order chi connectivity index (χ0) is 22.2. The van der Waals surface area contributed by atoms with Gasteiger partial charge in [-0.05, 0) is 55.6 Å². The van der Waals surface area contributed by atoms with E-state index in [9.17, 15) is 18.7 Å². The van der Waals surface area contributed by atoms with Gasteiger partial charge in [0.25, 0.3) is 5.91 Å². The predicted molar refractivity (Wildman–Crippen MR) is 115 cm³/mol. The molecule has 2 aromatic carbocycles. The van der Waals surface area contributed by atoms with Gasteiger partial charge in [-0.15, -0.1) is 0 Å². The number of benzene rings is 2. The van der Waals surface area contributed by atoms with E-state index in [4.69, 9.17) is 0 Å². The predicted octanol–water partition coefficient (Wildman–Crippen LogP) is 4.34. The lowest BCUT2D eigenvalue weighted by Crippen LogP contribution is -2.48. The number of likely N-dealkylation sites (tertiary alicyclic amines) is 1. The highest BCUT2D eigenvalue weighted by molar-refractivity contribution is 5.94. The SMILES string of the molecule is CCCN(CC(O)c1ccc(OC(F)F)cc1)C1CCN(C(=O)c2ccccc2)CC1. The van der Waals surface area contributed by atoms with E-state index < -0.39 is 12.7 Å². The summed E-state index contributed by atoms with van der Waals surface area (Å²) in [5.41, 5.74) is 1.38. The fraction of sp³-hybridized carbons (Fsp3) is 0.458. The van der Waals surface area contributed by atoms with Gasteiger partial charge in [0.2, 0.25) is 0 Å². The number of aliphatic hydroxyl groups excluding tert-OH is 1. The molecule has 0 radical (unpaired) electrons. The van der Waals surface area contributed by atoms with Gasteiger partial charge in [-0.3, -0.25) is 9.69 Å². The van der Waals surface area contributed by atoms with Crippen molar-refractivity contribution in [2.75, 3.05) is 26.2 Å². The number of hydrogen-bond acceptors (Lipinski definition) is 4. The monoisotopic (exact) mass is 432 g/mol. The average molecular weight is 433 g/mol. The molecule has 31 heavy (non-hydrogen) atoms. The highest BCUT2D eigenvalue weighted by atomic mass is 19.3. The molecule has 1 unspecified atom stereocenters. The van der Waals surface area contributed by atoms with Crippen LogP contribution >= 0.6 is 0 Å². The second-order valence-electron chi connectivity index (χ2n) is 7.85. The first-order valence-electron chi connectivity index (χ1n) is 10.8. The van der Waals surface area contributed by atoms with Crippen LogP contribution in [0, 0.1) is 0 Å². The second kappa shape index (κ2) is 11.2. The number of nitrogens with zero attached hydrogens (tertiary/aromatic N) is 2. The third-order valence-electron chi connectivity index (χ3n) is 5.70. The van der Waals surface area contributed by atoms with Gasteiger partial charge in [-0.2, -0.15) is 8.78 Å². The number of carbonyl (C=O) groups is 1. The summed E-state index contributed by atoms with van der Waals surface area (Å²) >= 11 is 0. The van der Waals surface area contributed by atoms with E-state index in [0.29, 0.717) is 30.8 Å². The largest absolute Gasteiger partial charge is 0.435 e. The minimum absolute atomic E-state index is 0.0623. The molecular weight excluding hydrogens is 402 g/mol. The Morgan fingerprint density at radius 2 is 1.77 bits per heavy atom. The van der Waals surface area contributed by atoms with E-state index in [2.05, 4.69) is 16.6 Å². The van der Waals surface area contributed by atoms with Crippen molar-refractivity contribution in [2.24, 2.45) is 0 Å². The third-order valence-corrected chi connectivity index (χ3v) is 5.70. The maximum Gasteiger partial charge on any atom is 0.387 e. The van der Waals surface area contributed by atoms with Gasteiger partial charge in [0.1, 0.15) is 5.75 Å². The molecule has 0 saturated carbocycles. The van der Waals surface area contributed by atoms with Crippen LogP contribution in [0.5, 0.6) is 5.75 Å². The number of ether oxygens (including phenoxy) is 1. The maximum atomic E-state index is 12.7. The van der Waals surface area contributed by atoms with Gasteiger partial charge in [-0.1, -0.05) is 37.3 Å². The van der Waals surface area contributed by atoms with Crippen molar-refractivity contribution in [3.8, 4) is 5.75 Å². The van der Waals surface area contributed by atoms with E-state index in [-0.39, 0.29) is 17.7 Å². The minimum atomic E-state index is -2.87. The Hall–Kier alpha value is -2.51. The van der Waals surface area contributed by atoms with Crippen molar-refractivity contribution in [3.05, 3.63) is 65.7 Å². The summed E-state index contributed by atoms with van der Waals surface area (Å²) in [6.07, 6.45) is 1.94. The number of carbonyl (C=O) groups excluding carboxylic acids is 1. The molecule has 0 bridgehead atoms. The zero-order valence-corrected chi connectivity index (χ0v) is 17.8. The van der Waals surface area contributed by atoms with E-state index in [1.54, 1.807) is 12.1 Å². The van der Waals surface area contributed by atoms with E-state index in [0.717, 1.165) is 25.8 Å². The van der Waals surface area contributed by atoms with Crippen molar-refractivity contribution < 1.29 is 23.4 Å². The van der Waals surface area contributed by atoms with Crippen LogP contribution in [0.2, 0.25) is 0 Å². The van der Waals surface area contributed by atoms with Crippen molar-refractivity contribution in [2.45, 2.75) is 44.9 Å². The summed E-state index contributed by atoms with van der Waals surface area (Å²) in [5.74, 6) is 0.138. The molecule has 1 aliphatic rings. The lowest BCUT2D eigenvalue weighted by atomic mass is 10.00. The molecule has 1 N–H and O–H groups in total. The molecule has 1 atom stereocenters. The first-order chi connectivity index (χ1) is 15.0. The molecule has 1 heterocycles. The molecule has 1 saturated heterocycles. The number of hydrogen-bond donors (Lipinski definition) is 1. The standard InChI is InChI=1S/C24H30F2N2O3/c1-2-14-28(17-22(29)18-8-10-21(11-9-18)31-24(25)26)20-12-15-27(16-13-20)23(30)19-6-4-3-5-7-19/h3-11,20,22,24,29H,2,12-17H2,1H3. The molecule has 5 nitrogen and oxygen atoms in total. The Labute approximate surface area is 182 Å². The van der Waals surface area contributed by atoms with Crippen LogP contribution in [0.15, 0.2) is 54.6 Å². The van der Waals surface area contributed by atoms with Crippen LogP contribution in [-0.4, -0.2) is 59.6 Å². The van der Waals surface area contributed by atoms with E-state index in [1.807, 2.05) is 35.2 Å². The molecule has 3 rings (SSSR count). The van der Waals surface area contributed by atoms with Crippen LogP contribution in [0.4, 0.5) is 8.78 Å². The van der Waals surface area contributed by atoms with Gasteiger partial charge >= 0.3 is 6.61 Å². The number of alkyl halides is 2. The molecule has 0 spiro atoms. The molecular formula is C24H30F2N2O3. The Bertz CT molecular complexity index is 809. The molecule has 7 heteroatoms. The summed E-state index contributed by atoms with van der Waals surface area (Å²) in [6.45, 7) is 1.92. The van der Waals surface area contributed by atoms with Gasteiger partial charge in [-0.25, -0.2) is 0 Å². The van der Waals surface area contributed by atoms with Gasteiger partial charge in [0.15, 0.2) is 0 Å². The van der Waals surface area contributed by atoms with Gasteiger partial charge in [0.05, 0.1) is 6.10 Å². The van der Waals surface area contributed by atoms with Crippen molar-refractivity contribution in [1.29, 1.82) is 0 Å². The topological polar surface area (TPSA) is 53.0 Å². The fourth-order valence-corrected chi connectivity index (χ4v) is 4.11. The third kappa shape index (κ3) is 6.48. The second-order valence-corrected chi connectivity index (χ2v) is 7.85. The maximum absolute atomic E-state index is 12.7. The number of halogens is 2. The van der Waals surface area contributed by atoms with Crippen molar-refractivity contribution in [3.63, 3.8) is 0 Å². The van der Waals surface area contributed by atoms with Crippen LogP contribution in [0.25, 0.3) is 0 Å². The average Bonchev–Trinajstić information content (AvgIpc) is 2.79. The van der Waals surface area contributed by atoms with Crippen LogP contribution < -0.4 is 4.74 Å². The molecule has 0 aliphatic carbocycles. The van der Waals surface area contributed by atoms with Crippen molar-refractivity contribution >= 4 is 5.91 Å². The number of piperidine rings is 1. The number of aliphatic hydroxyl groups is 1. The molecule has 0 aromatic heterocycles. The zero-order valence-electron chi connectivity index (χ0n) is 17.8. The Morgan fingerprint density at radius 1 is 1.13 bits per heavy atom. The number of amides is 1. The number of rotatable bonds is 9. The van der Waals surface area contributed by atoms with Crippen molar-refractivity contribution in [1.82, 2.24) is 9.80 Å².